The molecule has 0 aliphatic carbocycles. The molecule has 0 amide bonds. The van der Waals surface area contributed by atoms with Crippen LogP contribution in [0.15, 0.2) is 23.2 Å². The van der Waals surface area contributed by atoms with Crippen molar-refractivity contribution in [1.29, 1.82) is 0 Å². The Bertz CT molecular complexity index is 673. The van der Waals surface area contributed by atoms with Gasteiger partial charge in [-0.15, -0.1) is 11.3 Å². The van der Waals surface area contributed by atoms with Crippen molar-refractivity contribution in [2.75, 3.05) is 20.1 Å². The monoisotopic (exact) mass is 352 g/mol. The lowest BCUT2D eigenvalue weighted by Crippen LogP contribution is -2.39. The number of nitrogens with zero attached hydrogens (tertiary/aromatic N) is 2. The minimum absolute atomic E-state index is 0.514. The number of rotatable bonds is 6. The average Bonchev–Trinajstić information content (AvgIpc) is 2.83. The molecule has 1 heterocycles. The Morgan fingerprint density at radius 3 is 2.25 bits per heavy atom. The molecule has 7 heteroatoms. The second kappa shape index (κ2) is 8.73. The van der Waals surface area contributed by atoms with Crippen LogP contribution in [0.5, 0.6) is 0 Å². The van der Waals surface area contributed by atoms with Crippen LogP contribution in [0.3, 0.4) is 0 Å². The van der Waals surface area contributed by atoms with E-state index in [4.69, 9.17) is 0 Å². The van der Waals surface area contributed by atoms with E-state index >= 15 is 0 Å². The fourth-order valence-electron chi connectivity index (χ4n) is 2.24. The number of benzene rings is 1. The second-order valence-electron chi connectivity index (χ2n) is 5.45. The zero-order valence-corrected chi connectivity index (χ0v) is 14.9. The molecular weight excluding hydrogens is 330 g/mol. The summed E-state index contributed by atoms with van der Waals surface area (Å²) in [5.41, 5.74) is 1.70. The number of guanidine groups is 1. The molecular formula is C17H22F2N4S. The zero-order valence-electron chi connectivity index (χ0n) is 14.1. The van der Waals surface area contributed by atoms with Gasteiger partial charge < -0.3 is 10.6 Å². The molecule has 0 atom stereocenters. The SMILES string of the molecule is CN=C(NCCc1cc(F)cc(F)c1)NCCc1nc(C)c(C)s1. The molecule has 1 aromatic carbocycles. The van der Waals surface area contributed by atoms with Gasteiger partial charge in [0.1, 0.15) is 11.6 Å². The van der Waals surface area contributed by atoms with Crippen molar-refractivity contribution >= 4 is 17.3 Å². The van der Waals surface area contributed by atoms with Crippen LogP contribution in [0.1, 0.15) is 21.1 Å². The first-order valence-corrected chi connectivity index (χ1v) is 8.62. The summed E-state index contributed by atoms with van der Waals surface area (Å²) >= 11 is 1.71. The zero-order chi connectivity index (χ0) is 17.5. The van der Waals surface area contributed by atoms with Gasteiger partial charge >= 0.3 is 0 Å². The van der Waals surface area contributed by atoms with Crippen LogP contribution >= 0.6 is 11.3 Å². The smallest absolute Gasteiger partial charge is 0.191 e. The Morgan fingerprint density at radius 2 is 1.71 bits per heavy atom. The van der Waals surface area contributed by atoms with Gasteiger partial charge in [-0.05, 0) is 38.0 Å². The van der Waals surface area contributed by atoms with Crippen molar-refractivity contribution in [1.82, 2.24) is 15.6 Å². The maximum atomic E-state index is 13.1. The molecule has 0 fully saturated rings. The fraction of sp³-hybridized carbons (Fsp3) is 0.412. The third-order valence-corrected chi connectivity index (χ3v) is 4.69. The maximum absolute atomic E-state index is 13.1. The molecule has 0 saturated heterocycles. The number of aryl methyl sites for hydroxylation is 2. The predicted molar refractivity (Wildman–Crippen MR) is 94.7 cm³/mol. The van der Waals surface area contributed by atoms with E-state index in [0.29, 0.717) is 24.5 Å². The second-order valence-corrected chi connectivity index (χ2v) is 6.74. The van der Waals surface area contributed by atoms with Gasteiger partial charge in [-0.1, -0.05) is 0 Å². The van der Waals surface area contributed by atoms with Crippen LogP contribution in [0, 0.1) is 25.5 Å². The van der Waals surface area contributed by atoms with Gasteiger partial charge in [0.15, 0.2) is 5.96 Å². The molecule has 0 unspecified atom stereocenters. The molecule has 0 radical (unpaired) electrons. The minimum Gasteiger partial charge on any atom is -0.356 e. The number of nitrogens with one attached hydrogen (secondary N) is 2. The van der Waals surface area contributed by atoms with E-state index in [1.54, 1.807) is 18.4 Å². The number of halogens is 2. The lowest BCUT2D eigenvalue weighted by atomic mass is 10.1. The Labute approximate surface area is 145 Å². The summed E-state index contributed by atoms with van der Waals surface area (Å²) < 4.78 is 26.3. The van der Waals surface area contributed by atoms with E-state index in [1.165, 1.54) is 17.0 Å². The largest absolute Gasteiger partial charge is 0.356 e. The number of hydrogen-bond donors (Lipinski definition) is 2. The number of thiazole rings is 1. The number of aliphatic imine (C=N–C) groups is 1. The van der Waals surface area contributed by atoms with E-state index in [2.05, 4.69) is 27.5 Å². The van der Waals surface area contributed by atoms with Gasteiger partial charge in [-0.3, -0.25) is 4.99 Å². The van der Waals surface area contributed by atoms with Crippen molar-refractivity contribution in [3.05, 3.63) is 51.0 Å². The summed E-state index contributed by atoms with van der Waals surface area (Å²) in [6.45, 7) is 5.34. The highest BCUT2D eigenvalue weighted by Gasteiger charge is 2.05. The molecule has 4 nitrogen and oxygen atoms in total. The number of aromatic nitrogens is 1. The normalized spacial score (nSPS) is 11.6. The van der Waals surface area contributed by atoms with Gasteiger partial charge in [-0.2, -0.15) is 0 Å². The molecule has 130 valence electrons. The van der Waals surface area contributed by atoms with E-state index in [1.807, 2.05) is 6.92 Å². The van der Waals surface area contributed by atoms with E-state index < -0.39 is 11.6 Å². The molecule has 0 saturated carbocycles. The van der Waals surface area contributed by atoms with Gasteiger partial charge in [0.25, 0.3) is 0 Å². The fourth-order valence-corrected chi connectivity index (χ4v) is 3.17. The first kappa shape index (κ1) is 18.3. The summed E-state index contributed by atoms with van der Waals surface area (Å²) in [5, 5.41) is 7.45. The molecule has 1 aromatic heterocycles. The van der Waals surface area contributed by atoms with Crippen LogP contribution in [0.25, 0.3) is 0 Å². The molecule has 0 aliphatic heterocycles. The first-order chi connectivity index (χ1) is 11.5. The molecule has 0 bridgehead atoms. The summed E-state index contributed by atoms with van der Waals surface area (Å²) in [7, 11) is 1.69. The van der Waals surface area contributed by atoms with Crippen LogP contribution in [-0.2, 0) is 12.8 Å². The first-order valence-electron chi connectivity index (χ1n) is 7.80. The van der Waals surface area contributed by atoms with Gasteiger partial charge in [-0.25, -0.2) is 13.8 Å². The average molecular weight is 352 g/mol. The van der Waals surface area contributed by atoms with E-state index in [9.17, 15) is 8.78 Å². The lowest BCUT2D eigenvalue weighted by Gasteiger charge is -2.11. The van der Waals surface area contributed by atoms with Crippen molar-refractivity contribution < 1.29 is 8.78 Å². The Kier molecular flexibility index (Phi) is 6.66. The summed E-state index contributed by atoms with van der Waals surface area (Å²) in [6.07, 6.45) is 1.34. The Hall–Kier alpha value is -2.02. The quantitative estimate of drug-likeness (QED) is 0.621. The van der Waals surface area contributed by atoms with Crippen molar-refractivity contribution in [2.24, 2.45) is 4.99 Å². The highest BCUT2D eigenvalue weighted by Crippen LogP contribution is 2.16. The summed E-state index contributed by atoms with van der Waals surface area (Å²) in [4.78, 5) is 9.88. The minimum atomic E-state index is -0.554. The number of hydrogen-bond acceptors (Lipinski definition) is 3. The third kappa shape index (κ3) is 5.56. The van der Waals surface area contributed by atoms with E-state index in [-0.39, 0.29) is 0 Å². The van der Waals surface area contributed by atoms with Crippen molar-refractivity contribution in [3.8, 4) is 0 Å². The highest BCUT2D eigenvalue weighted by atomic mass is 32.1. The summed E-state index contributed by atoms with van der Waals surface area (Å²) in [5.74, 6) is -0.444. The van der Waals surface area contributed by atoms with Gasteiger partial charge in [0.2, 0.25) is 0 Å². The van der Waals surface area contributed by atoms with Crippen molar-refractivity contribution in [3.63, 3.8) is 0 Å². The van der Waals surface area contributed by atoms with Crippen LogP contribution in [0.4, 0.5) is 8.78 Å². The standard InChI is InChI=1S/C17H22F2N4S/c1-11-12(2)24-16(23-11)5-7-22-17(20-3)21-6-4-13-8-14(18)10-15(19)9-13/h8-10H,4-7H2,1-3H3,(H2,20,21,22). The highest BCUT2D eigenvalue weighted by molar-refractivity contribution is 7.11. The topological polar surface area (TPSA) is 49.3 Å². The van der Waals surface area contributed by atoms with Gasteiger partial charge in [0.05, 0.1) is 10.7 Å². The maximum Gasteiger partial charge on any atom is 0.191 e. The molecule has 24 heavy (non-hydrogen) atoms. The van der Waals surface area contributed by atoms with Gasteiger partial charge in [0, 0.05) is 37.5 Å². The third-order valence-electron chi connectivity index (χ3n) is 3.56. The summed E-state index contributed by atoms with van der Waals surface area (Å²) in [6, 6.07) is 3.56. The van der Waals surface area contributed by atoms with E-state index in [0.717, 1.165) is 29.7 Å². The molecule has 2 N–H and O–H groups in total. The Morgan fingerprint density at radius 1 is 1.08 bits per heavy atom. The van der Waals surface area contributed by atoms with Crippen molar-refractivity contribution in [2.45, 2.75) is 26.7 Å². The lowest BCUT2D eigenvalue weighted by molar-refractivity contribution is 0.579. The molecule has 2 aromatic rings. The molecule has 2 rings (SSSR count). The molecule has 0 aliphatic rings. The molecule has 0 spiro atoms. The Balaban J connectivity index is 1.74. The van der Waals surface area contributed by atoms with Crippen LogP contribution in [0.2, 0.25) is 0 Å². The van der Waals surface area contributed by atoms with Crippen LogP contribution < -0.4 is 10.6 Å². The van der Waals surface area contributed by atoms with Crippen LogP contribution in [-0.4, -0.2) is 31.1 Å². The predicted octanol–water partition coefficient (Wildman–Crippen LogP) is 2.99.